The number of amides is 4. The summed E-state index contributed by atoms with van der Waals surface area (Å²) in [4.78, 5) is 34.0. The Balaban J connectivity index is 2.29. The maximum atomic E-state index is 11.5. The molecule has 1 aromatic rings. The number of carbonyl (C=O) groups is 3. The van der Waals surface area contributed by atoms with E-state index in [0.717, 1.165) is 0 Å². The van der Waals surface area contributed by atoms with Gasteiger partial charge in [-0.3, -0.25) is 20.2 Å². The third kappa shape index (κ3) is 2.98. The van der Waals surface area contributed by atoms with Crippen LogP contribution in [0, 0.1) is 0 Å². The van der Waals surface area contributed by atoms with Crippen molar-refractivity contribution in [2.45, 2.75) is 6.92 Å². The number of nitrogens with one attached hydrogen (secondary N) is 2. The first kappa shape index (κ1) is 12.8. The predicted octanol–water partition coefficient (Wildman–Crippen LogP) is 0.835. The van der Waals surface area contributed by atoms with Crippen LogP contribution in [0.5, 0.6) is 5.75 Å². The highest BCUT2D eigenvalue weighted by atomic mass is 16.5. The molecule has 0 atom stereocenters. The van der Waals surface area contributed by atoms with E-state index in [1.54, 1.807) is 24.3 Å². The second-order valence-electron chi connectivity index (χ2n) is 3.80. The number of urea groups is 1. The lowest BCUT2D eigenvalue weighted by Gasteiger charge is -2.14. The largest absolute Gasteiger partial charge is 0.494 e. The quantitative estimate of drug-likeness (QED) is 0.623. The van der Waals surface area contributed by atoms with Gasteiger partial charge in [0.2, 0.25) is 0 Å². The number of ether oxygens (including phenoxy) is 1. The predicted molar refractivity (Wildman–Crippen MR) is 67.3 cm³/mol. The van der Waals surface area contributed by atoms with E-state index in [1.807, 2.05) is 17.6 Å². The zero-order chi connectivity index (χ0) is 13.8. The van der Waals surface area contributed by atoms with Gasteiger partial charge in [0.15, 0.2) is 0 Å². The Bertz CT molecular complexity index is 556. The summed E-state index contributed by atoms with van der Waals surface area (Å²) in [6.45, 7) is 2.38. The van der Waals surface area contributed by atoms with Crippen LogP contribution in [0.4, 0.5) is 4.79 Å². The minimum atomic E-state index is -0.810. The summed E-state index contributed by atoms with van der Waals surface area (Å²) < 4.78 is 5.32. The molecule has 0 aromatic heterocycles. The second kappa shape index (κ2) is 5.34. The second-order valence-corrected chi connectivity index (χ2v) is 3.80. The number of hydrogen-bond acceptors (Lipinski definition) is 4. The third-order valence-corrected chi connectivity index (χ3v) is 2.42. The molecule has 1 fully saturated rings. The molecule has 0 spiro atoms. The molecule has 19 heavy (non-hydrogen) atoms. The van der Waals surface area contributed by atoms with Crippen molar-refractivity contribution in [3.05, 3.63) is 35.4 Å². The summed E-state index contributed by atoms with van der Waals surface area (Å²) in [6, 6.07) is 6.15. The molecule has 6 heteroatoms. The van der Waals surface area contributed by atoms with E-state index in [1.165, 1.54) is 6.08 Å². The van der Waals surface area contributed by atoms with Crippen molar-refractivity contribution in [2.75, 3.05) is 6.61 Å². The molecule has 0 radical (unpaired) electrons. The van der Waals surface area contributed by atoms with Gasteiger partial charge in [0.05, 0.1) is 6.61 Å². The van der Waals surface area contributed by atoms with Crippen LogP contribution in [0.3, 0.4) is 0 Å². The van der Waals surface area contributed by atoms with Crippen molar-refractivity contribution in [2.24, 2.45) is 0 Å². The summed E-state index contributed by atoms with van der Waals surface area (Å²) in [5.74, 6) is -0.782. The molecule has 0 aliphatic carbocycles. The number of rotatable bonds is 3. The van der Waals surface area contributed by atoms with Crippen LogP contribution in [0.25, 0.3) is 6.08 Å². The Morgan fingerprint density at radius 2 is 1.84 bits per heavy atom. The molecule has 2 rings (SSSR count). The lowest BCUT2D eigenvalue weighted by Crippen LogP contribution is -2.51. The fraction of sp³-hybridized carbons (Fsp3) is 0.154. The van der Waals surface area contributed by atoms with E-state index in [9.17, 15) is 14.4 Å². The van der Waals surface area contributed by atoms with E-state index in [2.05, 4.69) is 0 Å². The van der Waals surface area contributed by atoms with Gasteiger partial charge in [-0.2, -0.15) is 0 Å². The van der Waals surface area contributed by atoms with Crippen molar-refractivity contribution in [3.63, 3.8) is 0 Å². The SMILES string of the molecule is CCOc1cccc(C=C2C(=O)NC(=O)NC2=O)c1. The van der Waals surface area contributed by atoms with Crippen molar-refractivity contribution < 1.29 is 19.1 Å². The molecule has 0 unspecified atom stereocenters. The van der Waals surface area contributed by atoms with Crippen LogP contribution in [-0.4, -0.2) is 24.5 Å². The minimum Gasteiger partial charge on any atom is -0.494 e. The molecule has 1 saturated heterocycles. The van der Waals surface area contributed by atoms with Gasteiger partial charge < -0.3 is 4.74 Å². The molecular formula is C13H12N2O4. The standard InChI is InChI=1S/C13H12N2O4/c1-2-19-9-5-3-4-8(6-9)7-10-11(16)14-13(18)15-12(10)17/h3-7H,2H2,1H3,(H2,14,15,16,17,18). The average molecular weight is 260 g/mol. The number of imide groups is 2. The number of benzene rings is 1. The normalized spacial score (nSPS) is 14.8. The lowest BCUT2D eigenvalue weighted by atomic mass is 10.1. The van der Waals surface area contributed by atoms with Gasteiger partial charge in [-0.05, 0) is 30.7 Å². The molecule has 1 aliphatic rings. The first-order valence-corrected chi connectivity index (χ1v) is 5.71. The molecule has 0 bridgehead atoms. The highest BCUT2D eigenvalue weighted by Crippen LogP contribution is 2.16. The minimum absolute atomic E-state index is 0.117. The third-order valence-electron chi connectivity index (χ3n) is 2.42. The van der Waals surface area contributed by atoms with E-state index in [0.29, 0.717) is 17.9 Å². The number of barbiturate groups is 1. The summed E-state index contributed by atoms with van der Waals surface area (Å²) in [6.07, 6.45) is 1.40. The molecule has 98 valence electrons. The molecule has 1 aromatic carbocycles. The fourth-order valence-electron chi connectivity index (χ4n) is 1.63. The molecule has 1 aliphatic heterocycles. The van der Waals surface area contributed by atoms with Gasteiger partial charge in [-0.1, -0.05) is 12.1 Å². The Kier molecular flexibility index (Phi) is 3.61. The Morgan fingerprint density at radius 3 is 2.47 bits per heavy atom. The first-order valence-electron chi connectivity index (χ1n) is 5.71. The molecular weight excluding hydrogens is 248 g/mol. The van der Waals surface area contributed by atoms with E-state index < -0.39 is 17.8 Å². The van der Waals surface area contributed by atoms with Crippen LogP contribution < -0.4 is 15.4 Å². The van der Waals surface area contributed by atoms with Crippen molar-refractivity contribution in [3.8, 4) is 5.75 Å². The van der Waals surface area contributed by atoms with Crippen molar-refractivity contribution >= 4 is 23.9 Å². The van der Waals surface area contributed by atoms with Gasteiger partial charge in [0, 0.05) is 0 Å². The van der Waals surface area contributed by atoms with Crippen LogP contribution >= 0.6 is 0 Å². The van der Waals surface area contributed by atoms with Gasteiger partial charge in [0.1, 0.15) is 11.3 Å². The van der Waals surface area contributed by atoms with Gasteiger partial charge in [-0.15, -0.1) is 0 Å². The lowest BCUT2D eigenvalue weighted by molar-refractivity contribution is -0.123. The van der Waals surface area contributed by atoms with Crippen molar-refractivity contribution in [1.29, 1.82) is 0 Å². The first-order chi connectivity index (χ1) is 9.10. The summed E-state index contributed by atoms with van der Waals surface area (Å²) in [7, 11) is 0. The Morgan fingerprint density at radius 1 is 1.16 bits per heavy atom. The van der Waals surface area contributed by atoms with Crippen LogP contribution in [-0.2, 0) is 9.59 Å². The molecule has 4 amide bonds. The maximum absolute atomic E-state index is 11.5. The van der Waals surface area contributed by atoms with Crippen LogP contribution in [0.1, 0.15) is 12.5 Å². The zero-order valence-electron chi connectivity index (χ0n) is 10.2. The van der Waals surface area contributed by atoms with Crippen LogP contribution in [0.15, 0.2) is 29.8 Å². The fourth-order valence-corrected chi connectivity index (χ4v) is 1.63. The molecule has 2 N–H and O–H groups in total. The van der Waals surface area contributed by atoms with Gasteiger partial charge in [0.25, 0.3) is 11.8 Å². The number of carbonyl (C=O) groups excluding carboxylic acids is 3. The zero-order valence-corrected chi connectivity index (χ0v) is 10.2. The Labute approximate surface area is 109 Å². The summed E-state index contributed by atoms with van der Waals surface area (Å²) in [5.41, 5.74) is 0.522. The maximum Gasteiger partial charge on any atom is 0.328 e. The highest BCUT2D eigenvalue weighted by molar-refractivity contribution is 6.31. The van der Waals surface area contributed by atoms with E-state index >= 15 is 0 Å². The molecule has 0 saturated carbocycles. The summed E-state index contributed by atoms with van der Waals surface area (Å²) >= 11 is 0. The monoisotopic (exact) mass is 260 g/mol. The topological polar surface area (TPSA) is 84.5 Å². The highest BCUT2D eigenvalue weighted by Gasteiger charge is 2.27. The van der Waals surface area contributed by atoms with E-state index in [4.69, 9.17) is 4.74 Å². The number of hydrogen-bond donors (Lipinski definition) is 2. The van der Waals surface area contributed by atoms with Crippen LogP contribution in [0.2, 0.25) is 0 Å². The average Bonchev–Trinajstić information content (AvgIpc) is 2.35. The van der Waals surface area contributed by atoms with Gasteiger partial charge in [-0.25, -0.2) is 4.79 Å². The van der Waals surface area contributed by atoms with E-state index in [-0.39, 0.29) is 5.57 Å². The smallest absolute Gasteiger partial charge is 0.328 e. The van der Waals surface area contributed by atoms with Gasteiger partial charge >= 0.3 is 6.03 Å². The molecule has 1 heterocycles. The summed E-state index contributed by atoms with van der Waals surface area (Å²) in [5, 5.41) is 4.02. The van der Waals surface area contributed by atoms with Crippen molar-refractivity contribution in [1.82, 2.24) is 10.6 Å². The Hall–Kier alpha value is -2.63. The molecule has 6 nitrogen and oxygen atoms in total.